The number of ether oxygens (including phenoxy) is 1. The number of pyridine rings is 1. The number of primary amides is 1. The molecular weight excluding hydrogens is 274 g/mol. The van der Waals surface area contributed by atoms with Gasteiger partial charge in [0, 0.05) is 12.6 Å². The van der Waals surface area contributed by atoms with E-state index in [1.54, 1.807) is 31.3 Å². The molecule has 2 aromatic rings. The summed E-state index contributed by atoms with van der Waals surface area (Å²) in [7, 11) is 0. The Labute approximate surface area is 120 Å². The van der Waals surface area contributed by atoms with E-state index in [-0.39, 0.29) is 25.3 Å². The minimum Gasteiger partial charge on any atom is -0.461 e. The molecule has 8 nitrogen and oxygen atoms in total. The number of amides is 1. The number of aromatic nitrogens is 4. The summed E-state index contributed by atoms with van der Waals surface area (Å²) in [5.41, 5.74) is 6.14. The average Bonchev–Trinajstić information content (AvgIpc) is 2.90. The first kappa shape index (κ1) is 14.6. The van der Waals surface area contributed by atoms with Crippen LogP contribution < -0.4 is 5.73 Å². The SMILES string of the molecule is CCOC(=O)c1nnn(CCC(N)=O)c1-c1ccccn1. The molecule has 0 unspecified atom stereocenters. The van der Waals surface area contributed by atoms with Gasteiger partial charge in [0.2, 0.25) is 5.91 Å². The highest BCUT2D eigenvalue weighted by atomic mass is 16.5. The van der Waals surface area contributed by atoms with Crippen molar-refractivity contribution in [2.75, 3.05) is 6.61 Å². The Kier molecular flexibility index (Phi) is 4.60. The summed E-state index contributed by atoms with van der Waals surface area (Å²) >= 11 is 0. The zero-order valence-corrected chi connectivity index (χ0v) is 11.5. The fourth-order valence-electron chi connectivity index (χ4n) is 1.78. The number of hydrogen-bond acceptors (Lipinski definition) is 6. The molecule has 0 aliphatic rings. The third kappa shape index (κ3) is 3.41. The van der Waals surface area contributed by atoms with Gasteiger partial charge < -0.3 is 10.5 Å². The fraction of sp³-hybridized carbons (Fsp3) is 0.308. The molecular formula is C13H15N5O3. The molecule has 0 saturated heterocycles. The summed E-state index contributed by atoms with van der Waals surface area (Å²) in [5.74, 6) is -1.04. The Hall–Kier alpha value is -2.77. The molecule has 0 spiro atoms. The Morgan fingerprint density at radius 1 is 1.38 bits per heavy atom. The highest BCUT2D eigenvalue weighted by molar-refractivity contribution is 5.93. The second-order valence-corrected chi connectivity index (χ2v) is 4.16. The van der Waals surface area contributed by atoms with Gasteiger partial charge in [0.05, 0.1) is 18.8 Å². The van der Waals surface area contributed by atoms with Crippen LogP contribution in [0.25, 0.3) is 11.4 Å². The highest BCUT2D eigenvalue weighted by Crippen LogP contribution is 2.20. The van der Waals surface area contributed by atoms with Crippen LogP contribution in [0.3, 0.4) is 0 Å². The van der Waals surface area contributed by atoms with Crippen LogP contribution in [0.4, 0.5) is 0 Å². The maximum Gasteiger partial charge on any atom is 0.361 e. The lowest BCUT2D eigenvalue weighted by Crippen LogP contribution is -2.15. The zero-order chi connectivity index (χ0) is 15.2. The minimum absolute atomic E-state index is 0.0695. The van der Waals surface area contributed by atoms with Gasteiger partial charge in [0.1, 0.15) is 5.69 Å². The summed E-state index contributed by atoms with van der Waals surface area (Å²) in [6.45, 7) is 2.15. The molecule has 1 amide bonds. The van der Waals surface area contributed by atoms with Crippen LogP contribution in [0.5, 0.6) is 0 Å². The van der Waals surface area contributed by atoms with Crippen molar-refractivity contribution in [2.45, 2.75) is 19.9 Å². The number of aryl methyl sites for hydroxylation is 1. The minimum atomic E-state index is -0.580. The maximum absolute atomic E-state index is 11.9. The molecule has 0 bridgehead atoms. The van der Waals surface area contributed by atoms with Crippen molar-refractivity contribution in [2.24, 2.45) is 5.73 Å². The Morgan fingerprint density at radius 3 is 2.81 bits per heavy atom. The molecule has 0 aliphatic carbocycles. The van der Waals surface area contributed by atoms with Gasteiger partial charge in [-0.1, -0.05) is 11.3 Å². The molecule has 0 aliphatic heterocycles. The molecule has 110 valence electrons. The molecule has 0 aromatic carbocycles. The lowest BCUT2D eigenvalue weighted by atomic mass is 10.2. The van der Waals surface area contributed by atoms with Crippen LogP contribution in [0.15, 0.2) is 24.4 Å². The van der Waals surface area contributed by atoms with Crippen LogP contribution in [0, 0.1) is 0 Å². The fourth-order valence-corrected chi connectivity index (χ4v) is 1.78. The van der Waals surface area contributed by atoms with Crippen molar-refractivity contribution in [3.63, 3.8) is 0 Å². The van der Waals surface area contributed by atoms with Gasteiger partial charge in [-0.05, 0) is 19.1 Å². The van der Waals surface area contributed by atoms with E-state index in [0.29, 0.717) is 11.4 Å². The van der Waals surface area contributed by atoms with Gasteiger partial charge in [0.25, 0.3) is 0 Å². The topological polar surface area (TPSA) is 113 Å². The van der Waals surface area contributed by atoms with Crippen LogP contribution in [0.1, 0.15) is 23.8 Å². The lowest BCUT2D eigenvalue weighted by molar-refractivity contribution is -0.118. The number of rotatable bonds is 6. The monoisotopic (exact) mass is 289 g/mol. The Morgan fingerprint density at radius 2 is 2.19 bits per heavy atom. The average molecular weight is 289 g/mol. The second-order valence-electron chi connectivity index (χ2n) is 4.16. The van der Waals surface area contributed by atoms with Gasteiger partial charge in [-0.15, -0.1) is 5.10 Å². The largest absolute Gasteiger partial charge is 0.461 e. The second kappa shape index (κ2) is 6.60. The van der Waals surface area contributed by atoms with Crippen LogP contribution in [-0.4, -0.2) is 38.5 Å². The van der Waals surface area contributed by atoms with Crippen molar-refractivity contribution in [3.8, 4) is 11.4 Å². The van der Waals surface area contributed by atoms with Crippen molar-refractivity contribution in [3.05, 3.63) is 30.1 Å². The van der Waals surface area contributed by atoms with Gasteiger partial charge in [-0.3, -0.25) is 9.78 Å². The van der Waals surface area contributed by atoms with Crippen LogP contribution in [0.2, 0.25) is 0 Å². The summed E-state index contributed by atoms with van der Waals surface area (Å²) in [6.07, 6.45) is 1.68. The summed E-state index contributed by atoms with van der Waals surface area (Å²) in [4.78, 5) is 27.0. The van der Waals surface area contributed by atoms with E-state index in [4.69, 9.17) is 10.5 Å². The Balaban J connectivity index is 2.42. The predicted molar refractivity (Wildman–Crippen MR) is 73.0 cm³/mol. The molecule has 2 heterocycles. The number of carbonyl (C=O) groups excluding carboxylic acids is 2. The molecule has 21 heavy (non-hydrogen) atoms. The quantitative estimate of drug-likeness (QED) is 0.770. The molecule has 0 saturated carbocycles. The maximum atomic E-state index is 11.9. The predicted octanol–water partition coefficient (Wildman–Crippen LogP) is 0.392. The number of nitrogens with two attached hydrogens (primary N) is 1. The van der Waals surface area contributed by atoms with Gasteiger partial charge >= 0.3 is 5.97 Å². The number of nitrogens with zero attached hydrogens (tertiary/aromatic N) is 4. The summed E-state index contributed by atoms with van der Waals surface area (Å²) < 4.78 is 6.38. The van der Waals surface area contributed by atoms with Crippen molar-refractivity contribution in [1.82, 2.24) is 20.0 Å². The van der Waals surface area contributed by atoms with Gasteiger partial charge in [0.15, 0.2) is 5.69 Å². The van der Waals surface area contributed by atoms with Crippen molar-refractivity contribution >= 4 is 11.9 Å². The van der Waals surface area contributed by atoms with Crippen LogP contribution in [-0.2, 0) is 16.1 Å². The third-order valence-electron chi connectivity index (χ3n) is 2.68. The smallest absolute Gasteiger partial charge is 0.361 e. The number of esters is 1. The van der Waals surface area contributed by atoms with Crippen LogP contribution >= 0.6 is 0 Å². The summed E-state index contributed by atoms with van der Waals surface area (Å²) in [6, 6.07) is 5.26. The zero-order valence-electron chi connectivity index (χ0n) is 11.5. The van der Waals surface area contributed by atoms with Crippen molar-refractivity contribution in [1.29, 1.82) is 0 Å². The molecule has 2 N–H and O–H groups in total. The molecule has 2 rings (SSSR count). The Bertz CT molecular complexity index is 639. The van der Waals surface area contributed by atoms with E-state index in [1.165, 1.54) is 4.68 Å². The number of hydrogen-bond donors (Lipinski definition) is 1. The highest BCUT2D eigenvalue weighted by Gasteiger charge is 2.23. The summed E-state index contributed by atoms with van der Waals surface area (Å²) in [5, 5.41) is 7.72. The first-order valence-corrected chi connectivity index (χ1v) is 6.43. The number of carbonyl (C=O) groups is 2. The first-order valence-electron chi connectivity index (χ1n) is 6.43. The first-order chi connectivity index (χ1) is 10.1. The van der Waals surface area contributed by atoms with Gasteiger partial charge in [-0.25, -0.2) is 9.48 Å². The molecule has 2 aromatic heterocycles. The normalized spacial score (nSPS) is 10.3. The van der Waals surface area contributed by atoms with E-state index in [0.717, 1.165) is 0 Å². The van der Waals surface area contributed by atoms with E-state index in [9.17, 15) is 9.59 Å². The molecule has 0 radical (unpaired) electrons. The van der Waals surface area contributed by atoms with E-state index in [2.05, 4.69) is 15.3 Å². The standard InChI is InChI=1S/C13H15N5O3/c1-2-21-13(20)11-12(9-5-3-4-7-15-9)18(17-16-11)8-6-10(14)19/h3-5,7H,2,6,8H2,1H3,(H2,14,19). The molecule has 0 fully saturated rings. The molecule has 8 heteroatoms. The van der Waals surface area contributed by atoms with Crippen molar-refractivity contribution < 1.29 is 14.3 Å². The van der Waals surface area contributed by atoms with E-state index in [1.807, 2.05) is 0 Å². The lowest BCUT2D eigenvalue weighted by Gasteiger charge is -2.06. The van der Waals surface area contributed by atoms with Gasteiger partial charge in [-0.2, -0.15) is 0 Å². The van der Waals surface area contributed by atoms with E-state index < -0.39 is 11.9 Å². The third-order valence-corrected chi connectivity index (χ3v) is 2.68. The molecule has 0 atom stereocenters. The van der Waals surface area contributed by atoms with E-state index >= 15 is 0 Å².